The molecule has 7 heteroatoms. The monoisotopic (exact) mass is 316 g/mol. The number of aryl methyl sites for hydroxylation is 1. The van der Waals surface area contributed by atoms with Crippen LogP contribution in [0.4, 0.5) is 4.79 Å². The molecule has 112 valence electrons. The van der Waals surface area contributed by atoms with Gasteiger partial charge in [0.05, 0.1) is 18.1 Å². The van der Waals surface area contributed by atoms with Crippen LogP contribution in [0.3, 0.4) is 0 Å². The maximum absolute atomic E-state index is 11.7. The van der Waals surface area contributed by atoms with Gasteiger partial charge in [-0.2, -0.15) is 0 Å². The first-order valence-corrected chi connectivity index (χ1v) is 9.41. The largest absolute Gasteiger partial charge is 0.338 e. The van der Waals surface area contributed by atoms with Gasteiger partial charge >= 0.3 is 6.03 Å². The normalized spacial score (nSPS) is 18.6. The lowest BCUT2D eigenvalue weighted by atomic mass is 10.0. The van der Waals surface area contributed by atoms with E-state index in [0.29, 0.717) is 25.9 Å². The van der Waals surface area contributed by atoms with Crippen molar-refractivity contribution in [2.24, 2.45) is 5.92 Å². The fourth-order valence-electron chi connectivity index (χ4n) is 2.19. The SMILES string of the molecule is Cc1ccsc1CNC(=O)NCC1CCS(=O)(=O)CC1. The Morgan fingerprint density at radius 3 is 2.65 bits per heavy atom. The summed E-state index contributed by atoms with van der Waals surface area (Å²) < 4.78 is 22.6. The van der Waals surface area contributed by atoms with Crippen molar-refractivity contribution in [2.75, 3.05) is 18.1 Å². The first-order chi connectivity index (χ1) is 9.46. The fourth-order valence-corrected chi connectivity index (χ4v) is 4.62. The van der Waals surface area contributed by atoms with E-state index in [-0.39, 0.29) is 23.5 Å². The Morgan fingerprint density at radius 1 is 1.35 bits per heavy atom. The molecule has 2 N–H and O–H groups in total. The van der Waals surface area contributed by atoms with E-state index in [2.05, 4.69) is 10.6 Å². The maximum atomic E-state index is 11.7. The molecule has 0 atom stereocenters. The molecule has 0 bridgehead atoms. The topological polar surface area (TPSA) is 75.3 Å². The summed E-state index contributed by atoms with van der Waals surface area (Å²) in [6, 6.07) is 1.84. The van der Waals surface area contributed by atoms with Gasteiger partial charge in [-0.25, -0.2) is 13.2 Å². The molecular weight excluding hydrogens is 296 g/mol. The maximum Gasteiger partial charge on any atom is 0.315 e. The molecule has 0 radical (unpaired) electrons. The van der Waals surface area contributed by atoms with Crippen molar-refractivity contribution in [3.05, 3.63) is 21.9 Å². The first kappa shape index (κ1) is 15.3. The number of carbonyl (C=O) groups excluding carboxylic acids is 1. The summed E-state index contributed by atoms with van der Waals surface area (Å²) in [6.07, 6.45) is 1.29. The second kappa shape index (κ2) is 6.58. The molecule has 2 heterocycles. The van der Waals surface area contributed by atoms with Crippen LogP contribution in [0.25, 0.3) is 0 Å². The summed E-state index contributed by atoms with van der Waals surface area (Å²) in [6.45, 7) is 3.10. The number of nitrogens with one attached hydrogen (secondary N) is 2. The van der Waals surface area contributed by atoms with E-state index >= 15 is 0 Å². The molecule has 0 unspecified atom stereocenters. The third kappa shape index (κ3) is 4.49. The van der Waals surface area contributed by atoms with Gasteiger partial charge in [-0.15, -0.1) is 11.3 Å². The van der Waals surface area contributed by atoms with E-state index < -0.39 is 9.84 Å². The Balaban J connectivity index is 1.67. The second-order valence-corrected chi connectivity index (χ2v) is 8.49. The van der Waals surface area contributed by atoms with Crippen molar-refractivity contribution < 1.29 is 13.2 Å². The van der Waals surface area contributed by atoms with Crippen molar-refractivity contribution in [3.8, 4) is 0 Å². The molecule has 0 spiro atoms. The smallest absolute Gasteiger partial charge is 0.315 e. The molecule has 5 nitrogen and oxygen atoms in total. The molecular formula is C13H20N2O3S2. The van der Waals surface area contributed by atoms with Crippen LogP contribution in [-0.4, -0.2) is 32.5 Å². The van der Waals surface area contributed by atoms with Gasteiger partial charge in [0.15, 0.2) is 0 Å². The summed E-state index contributed by atoms with van der Waals surface area (Å²) in [5, 5.41) is 7.65. The minimum Gasteiger partial charge on any atom is -0.338 e. The minimum absolute atomic E-state index is 0.189. The van der Waals surface area contributed by atoms with Crippen LogP contribution in [0.1, 0.15) is 23.3 Å². The molecule has 0 aliphatic carbocycles. The highest BCUT2D eigenvalue weighted by Gasteiger charge is 2.23. The van der Waals surface area contributed by atoms with Gasteiger partial charge in [-0.05, 0) is 42.7 Å². The minimum atomic E-state index is -2.83. The number of thiophene rings is 1. The van der Waals surface area contributed by atoms with E-state index in [4.69, 9.17) is 0 Å². The molecule has 0 saturated carbocycles. The Labute approximate surface area is 123 Å². The lowest BCUT2D eigenvalue weighted by molar-refractivity contribution is 0.238. The number of rotatable bonds is 4. The van der Waals surface area contributed by atoms with Crippen molar-refractivity contribution in [1.29, 1.82) is 0 Å². The third-order valence-corrected chi connectivity index (χ3v) is 6.34. The van der Waals surface area contributed by atoms with E-state index in [1.54, 1.807) is 11.3 Å². The molecule has 0 aromatic carbocycles. The molecule has 2 amide bonds. The summed E-state index contributed by atoms with van der Waals surface area (Å²) in [5.41, 5.74) is 1.19. The number of hydrogen-bond acceptors (Lipinski definition) is 4. The number of sulfone groups is 1. The molecule has 1 saturated heterocycles. The van der Waals surface area contributed by atoms with Crippen molar-refractivity contribution in [2.45, 2.75) is 26.3 Å². The molecule has 1 aromatic heterocycles. The number of hydrogen-bond donors (Lipinski definition) is 2. The van der Waals surface area contributed by atoms with Crippen LogP contribution in [0, 0.1) is 12.8 Å². The molecule has 1 aliphatic rings. The average molecular weight is 316 g/mol. The van der Waals surface area contributed by atoms with E-state index in [9.17, 15) is 13.2 Å². The fraction of sp³-hybridized carbons (Fsp3) is 0.615. The van der Waals surface area contributed by atoms with Crippen molar-refractivity contribution in [3.63, 3.8) is 0 Å². The van der Waals surface area contributed by atoms with Gasteiger partial charge in [-0.1, -0.05) is 0 Å². The van der Waals surface area contributed by atoms with Gasteiger partial charge in [0.1, 0.15) is 9.84 Å². The van der Waals surface area contributed by atoms with Crippen LogP contribution in [0.2, 0.25) is 0 Å². The van der Waals surface area contributed by atoms with Gasteiger partial charge in [0.2, 0.25) is 0 Å². The number of carbonyl (C=O) groups is 1. The highest BCUT2D eigenvalue weighted by Crippen LogP contribution is 2.18. The number of urea groups is 1. The van der Waals surface area contributed by atoms with Crippen molar-refractivity contribution in [1.82, 2.24) is 10.6 Å². The van der Waals surface area contributed by atoms with Crippen LogP contribution < -0.4 is 10.6 Å². The average Bonchev–Trinajstić information content (AvgIpc) is 2.81. The highest BCUT2D eigenvalue weighted by molar-refractivity contribution is 7.91. The quantitative estimate of drug-likeness (QED) is 0.887. The summed E-state index contributed by atoms with van der Waals surface area (Å²) in [4.78, 5) is 12.8. The van der Waals surface area contributed by atoms with Gasteiger partial charge in [-0.3, -0.25) is 0 Å². The van der Waals surface area contributed by atoms with Gasteiger partial charge < -0.3 is 10.6 Å². The lowest BCUT2D eigenvalue weighted by Crippen LogP contribution is -2.39. The molecule has 2 rings (SSSR count). The van der Waals surface area contributed by atoms with Crippen LogP contribution in [-0.2, 0) is 16.4 Å². The summed E-state index contributed by atoms with van der Waals surface area (Å²) in [7, 11) is -2.83. The summed E-state index contributed by atoms with van der Waals surface area (Å²) >= 11 is 1.63. The third-order valence-electron chi connectivity index (χ3n) is 3.60. The van der Waals surface area contributed by atoms with Crippen LogP contribution >= 0.6 is 11.3 Å². The van der Waals surface area contributed by atoms with Crippen LogP contribution in [0.5, 0.6) is 0 Å². The van der Waals surface area contributed by atoms with Crippen LogP contribution in [0.15, 0.2) is 11.4 Å². The zero-order valence-electron chi connectivity index (χ0n) is 11.5. The number of amides is 2. The first-order valence-electron chi connectivity index (χ1n) is 6.71. The Kier molecular flexibility index (Phi) is 5.04. The molecule has 20 heavy (non-hydrogen) atoms. The van der Waals surface area contributed by atoms with E-state index in [0.717, 1.165) is 4.88 Å². The van der Waals surface area contributed by atoms with Gasteiger partial charge in [0, 0.05) is 11.4 Å². The van der Waals surface area contributed by atoms with Crippen molar-refractivity contribution >= 4 is 27.2 Å². The summed E-state index contributed by atoms with van der Waals surface area (Å²) in [5.74, 6) is 0.762. The lowest BCUT2D eigenvalue weighted by Gasteiger charge is -2.22. The zero-order valence-corrected chi connectivity index (χ0v) is 13.1. The highest BCUT2D eigenvalue weighted by atomic mass is 32.2. The second-order valence-electron chi connectivity index (χ2n) is 5.19. The predicted molar refractivity (Wildman–Crippen MR) is 80.7 cm³/mol. The standard InChI is InChI=1S/C13H20N2O3S2/c1-10-2-5-19-12(10)9-15-13(16)14-8-11-3-6-20(17,18)7-4-11/h2,5,11H,3-4,6-9H2,1H3,(H2,14,15,16). The molecule has 1 fully saturated rings. The molecule has 1 aromatic rings. The van der Waals surface area contributed by atoms with E-state index in [1.807, 2.05) is 18.4 Å². The Morgan fingerprint density at radius 2 is 2.05 bits per heavy atom. The predicted octanol–water partition coefficient (Wildman–Crippen LogP) is 1.68. The zero-order chi connectivity index (χ0) is 14.6. The Bertz CT molecular complexity index is 552. The molecule has 1 aliphatic heterocycles. The Hall–Kier alpha value is -1.08. The van der Waals surface area contributed by atoms with E-state index in [1.165, 1.54) is 5.56 Å². The van der Waals surface area contributed by atoms with Gasteiger partial charge in [0.25, 0.3) is 0 Å².